The van der Waals surface area contributed by atoms with Gasteiger partial charge in [0.15, 0.2) is 0 Å². The zero-order chi connectivity index (χ0) is 13.5. The second-order valence-electron chi connectivity index (χ2n) is 5.78. The summed E-state index contributed by atoms with van der Waals surface area (Å²) in [4.78, 5) is 0.487. The molecule has 1 aliphatic heterocycles. The number of aryl methyl sites for hydroxylation is 1. The van der Waals surface area contributed by atoms with Crippen molar-refractivity contribution in [2.24, 2.45) is 5.92 Å². The molecule has 2 unspecified atom stereocenters. The number of sulfonamides is 1. The Morgan fingerprint density at radius 1 is 1.11 bits per heavy atom. The third-order valence-corrected chi connectivity index (χ3v) is 6.72. The molecule has 3 nitrogen and oxygen atoms in total. The van der Waals surface area contributed by atoms with Crippen LogP contribution in [-0.4, -0.2) is 25.3 Å². The van der Waals surface area contributed by atoms with E-state index >= 15 is 0 Å². The van der Waals surface area contributed by atoms with E-state index in [1.54, 1.807) is 10.4 Å². The van der Waals surface area contributed by atoms with Crippen LogP contribution in [0.5, 0.6) is 0 Å². The number of hydrogen-bond donors (Lipinski definition) is 0. The van der Waals surface area contributed by atoms with Crippen LogP contribution in [0.1, 0.15) is 37.7 Å². The maximum atomic E-state index is 12.8. The van der Waals surface area contributed by atoms with Gasteiger partial charge in [0.05, 0.1) is 4.90 Å². The van der Waals surface area contributed by atoms with E-state index in [4.69, 9.17) is 0 Å². The summed E-state index contributed by atoms with van der Waals surface area (Å²) in [5.41, 5.74) is 0.849. The second-order valence-corrected chi connectivity index (χ2v) is 7.64. The third kappa shape index (κ3) is 2.21. The number of benzene rings is 1. The highest BCUT2D eigenvalue weighted by molar-refractivity contribution is 7.89. The van der Waals surface area contributed by atoms with Crippen LogP contribution in [0.25, 0.3) is 0 Å². The molecule has 19 heavy (non-hydrogen) atoms. The fraction of sp³-hybridized carbons (Fsp3) is 0.600. The first-order valence-electron chi connectivity index (χ1n) is 7.18. The highest BCUT2D eigenvalue weighted by Gasteiger charge is 2.42. The number of hydrogen-bond acceptors (Lipinski definition) is 2. The van der Waals surface area contributed by atoms with Gasteiger partial charge in [-0.2, -0.15) is 4.31 Å². The fourth-order valence-corrected chi connectivity index (χ4v) is 5.59. The molecule has 3 rings (SSSR count). The van der Waals surface area contributed by atoms with Gasteiger partial charge in [-0.25, -0.2) is 8.42 Å². The summed E-state index contributed by atoms with van der Waals surface area (Å²) in [7, 11) is -3.31. The van der Waals surface area contributed by atoms with Crippen molar-refractivity contribution < 1.29 is 8.42 Å². The predicted octanol–water partition coefficient (Wildman–Crippen LogP) is 2.95. The molecule has 1 saturated heterocycles. The molecule has 4 heteroatoms. The molecule has 1 heterocycles. The van der Waals surface area contributed by atoms with Crippen molar-refractivity contribution in [2.45, 2.75) is 50.0 Å². The molecule has 1 aliphatic carbocycles. The highest BCUT2D eigenvalue weighted by atomic mass is 32.2. The molecule has 1 saturated carbocycles. The summed E-state index contributed by atoms with van der Waals surface area (Å²) in [6.07, 6.45) is 5.70. The van der Waals surface area contributed by atoms with Crippen LogP contribution < -0.4 is 0 Å². The van der Waals surface area contributed by atoms with Crippen molar-refractivity contribution in [3.8, 4) is 0 Å². The van der Waals surface area contributed by atoms with E-state index in [0.29, 0.717) is 17.4 Å². The fourth-order valence-electron chi connectivity index (χ4n) is 3.63. The summed E-state index contributed by atoms with van der Waals surface area (Å²) >= 11 is 0. The van der Waals surface area contributed by atoms with E-state index in [1.807, 2.05) is 25.1 Å². The van der Waals surface area contributed by atoms with Gasteiger partial charge in [0, 0.05) is 12.6 Å². The molecule has 104 valence electrons. The summed E-state index contributed by atoms with van der Waals surface area (Å²) in [5.74, 6) is 0.590. The average molecular weight is 279 g/mol. The van der Waals surface area contributed by atoms with Gasteiger partial charge in [-0.1, -0.05) is 31.0 Å². The zero-order valence-electron chi connectivity index (χ0n) is 11.4. The van der Waals surface area contributed by atoms with Crippen molar-refractivity contribution in [3.05, 3.63) is 29.8 Å². The molecule has 0 N–H and O–H groups in total. The summed E-state index contributed by atoms with van der Waals surface area (Å²) in [6, 6.07) is 7.57. The van der Waals surface area contributed by atoms with E-state index < -0.39 is 10.0 Å². The predicted molar refractivity (Wildman–Crippen MR) is 75.4 cm³/mol. The van der Waals surface area contributed by atoms with E-state index in [9.17, 15) is 8.42 Å². The van der Waals surface area contributed by atoms with E-state index in [2.05, 4.69) is 0 Å². The minimum atomic E-state index is -3.31. The minimum Gasteiger partial charge on any atom is -0.207 e. The molecule has 0 aromatic heterocycles. The number of fused-ring (bicyclic) bond motifs is 1. The smallest absolute Gasteiger partial charge is 0.207 e. The molecular formula is C15H21NO2S. The lowest BCUT2D eigenvalue weighted by atomic mass is 9.86. The molecule has 2 atom stereocenters. The van der Waals surface area contributed by atoms with Crippen LogP contribution in [0.2, 0.25) is 0 Å². The third-order valence-electron chi connectivity index (χ3n) is 4.64. The zero-order valence-corrected chi connectivity index (χ0v) is 12.2. The van der Waals surface area contributed by atoms with Gasteiger partial charge in [0.2, 0.25) is 10.0 Å². The Morgan fingerprint density at radius 2 is 1.84 bits per heavy atom. The highest BCUT2D eigenvalue weighted by Crippen LogP contribution is 2.39. The van der Waals surface area contributed by atoms with E-state index in [1.165, 1.54) is 19.3 Å². The van der Waals surface area contributed by atoms with Crippen LogP contribution in [0.4, 0.5) is 0 Å². The maximum Gasteiger partial charge on any atom is 0.243 e. The first-order chi connectivity index (χ1) is 9.10. The summed E-state index contributed by atoms with van der Waals surface area (Å²) in [6.45, 7) is 2.58. The quantitative estimate of drug-likeness (QED) is 0.834. The Kier molecular flexibility index (Phi) is 3.39. The van der Waals surface area contributed by atoms with Gasteiger partial charge in [0.1, 0.15) is 0 Å². The lowest BCUT2D eigenvalue weighted by Crippen LogP contribution is -2.39. The van der Waals surface area contributed by atoms with Gasteiger partial charge >= 0.3 is 0 Å². The van der Waals surface area contributed by atoms with Gasteiger partial charge in [-0.3, -0.25) is 0 Å². The lowest BCUT2D eigenvalue weighted by molar-refractivity contribution is 0.260. The molecule has 0 bridgehead atoms. The average Bonchev–Trinajstić information content (AvgIpc) is 2.83. The van der Waals surface area contributed by atoms with Crippen LogP contribution in [0.3, 0.4) is 0 Å². The van der Waals surface area contributed by atoms with Gasteiger partial charge < -0.3 is 0 Å². The van der Waals surface area contributed by atoms with E-state index in [0.717, 1.165) is 18.4 Å². The first kappa shape index (κ1) is 13.1. The van der Waals surface area contributed by atoms with Gasteiger partial charge in [-0.15, -0.1) is 0 Å². The Bertz CT molecular complexity index is 567. The Hall–Kier alpha value is -0.870. The molecule has 1 aromatic rings. The summed E-state index contributed by atoms with van der Waals surface area (Å²) in [5, 5.41) is 0. The van der Waals surface area contributed by atoms with Crippen molar-refractivity contribution >= 4 is 10.0 Å². The lowest BCUT2D eigenvalue weighted by Gasteiger charge is -2.31. The van der Waals surface area contributed by atoms with Crippen molar-refractivity contribution in [1.82, 2.24) is 4.31 Å². The SMILES string of the molecule is Cc1ccccc1S(=O)(=O)N1CCC2CCCCC21. The normalized spacial score (nSPS) is 28.3. The second kappa shape index (κ2) is 4.91. The first-order valence-corrected chi connectivity index (χ1v) is 8.62. The van der Waals surface area contributed by atoms with Crippen LogP contribution in [0.15, 0.2) is 29.2 Å². The Morgan fingerprint density at radius 3 is 2.63 bits per heavy atom. The van der Waals surface area contributed by atoms with Gasteiger partial charge in [0.25, 0.3) is 0 Å². The van der Waals surface area contributed by atoms with E-state index in [-0.39, 0.29) is 6.04 Å². The summed E-state index contributed by atoms with van der Waals surface area (Å²) < 4.78 is 27.4. The molecule has 2 fully saturated rings. The van der Waals surface area contributed by atoms with Crippen LogP contribution >= 0.6 is 0 Å². The standard InChI is InChI=1S/C15H21NO2S/c1-12-6-2-5-9-15(12)19(17,18)16-11-10-13-7-3-4-8-14(13)16/h2,5-6,9,13-14H,3-4,7-8,10-11H2,1H3. The molecule has 2 aliphatic rings. The Labute approximate surface area is 115 Å². The largest absolute Gasteiger partial charge is 0.243 e. The maximum absolute atomic E-state index is 12.8. The van der Waals surface area contributed by atoms with Crippen molar-refractivity contribution in [1.29, 1.82) is 0 Å². The van der Waals surface area contributed by atoms with Crippen molar-refractivity contribution in [3.63, 3.8) is 0 Å². The van der Waals surface area contributed by atoms with Crippen LogP contribution in [-0.2, 0) is 10.0 Å². The monoisotopic (exact) mass is 279 g/mol. The van der Waals surface area contributed by atoms with Crippen molar-refractivity contribution in [2.75, 3.05) is 6.54 Å². The molecule has 0 radical (unpaired) electrons. The number of rotatable bonds is 2. The van der Waals surface area contributed by atoms with Crippen LogP contribution in [0, 0.1) is 12.8 Å². The Balaban J connectivity index is 1.95. The minimum absolute atomic E-state index is 0.248. The molecular weight excluding hydrogens is 258 g/mol. The number of nitrogens with zero attached hydrogens (tertiary/aromatic N) is 1. The molecule has 1 aromatic carbocycles. The molecule has 0 amide bonds. The van der Waals surface area contributed by atoms with Gasteiger partial charge in [-0.05, 0) is 43.7 Å². The topological polar surface area (TPSA) is 37.4 Å². The molecule has 0 spiro atoms.